The van der Waals surface area contributed by atoms with Crippen LogP contribution in [-0.2, 0) is 13.1 Å². The van der Waals surface area contributed by atoms with Gasteiger partial charge in [0, 0.05) is 24.2 Å². The summed E-state index contributed by atoms with van der Waals surface area (Å²) in [5, 5.41) is 4.45. The van der Waals surface area contributed by atoms with Gasteiger partial charge in [-0.3, -0.25) is 4.79 Å². The molecule has 0 aliphatic rings. The van der Waals surface area contributed by atoms with Crippen LogP contribution in [0.2, 0.25) is 0 Å². The summed E-state index contributed by atoms with van der Waals surface area (Å²) in [6.45, 7) is 6.92. The Morgan fingerprint density at radius 2 is 1.82 bits per heavy atom. The third kappa shape index (κ3) is 3.67. The first kappa shape index (κ1) is 18.2. The van der Waals surface area contributed by atoms with Gasteiger partial charge in [0.2, 0.25) is 0 Å². The molecule has 0 amide bonds. The van der Waals surface area contributed by atoms with E-state index in [2.05, 4.69) is 18.9 Å². The van der Waals surface area contributed by atoms with Crippen LogP contribution in [0.3, 0.4) is 0 Å². The van der Waals surface area contributed by atoms with Gasteiger partial charge in [-0.15, -0.1) is 12.4 Å². The first-order chi connectivity index (χ1) is 9.93. The minimum atomic E-state index is -0.122. The fourth-order valence-corrected chi connectivity index (χ4v) is 2.19. The van der Waals surface area contributed by atoms with E-state index in [-0.39, 0.29) is 18.0 Å². The molecule has 0 spiro atoms. The van der Waals surface area contributed by atoms with Crippen LogP contribution in [0.1, 0.15) is 25.0 Å². The van der Waals surface area contributed by atoms with Crippen LogP contribution in [0.5, 0.6) is 0 Å². The number of aromatic nitrogens is 2. The molecule has 0 aliphatic carbocycles. The lowest BCUT2D eigenvalue weighted by atomic mass is 10.1. The molecular formula is C16H23ClN4O. The van der Waals surface area contributed by atoms with Crippen LogP contribution in [0, 0.1) is 12.8 Å². The minimum absolute atomic E-state index is 0. The monoisotopic (exact) mass is 322 g/mol. The molecule has 1 heterocycles. The van der Waals surface area contributed by atoms with Gasteiger partial charge in [-0.25, -0.2) is 4.68 Å². The van der Waals surface area contributed by atoms with Gasteiger partial charge in [0.15, 0.2) is 0 Å². The van der Waals surface area contributed by atoms with Crippen molar-refractivity contribution in [2.24, 2.45) is 11.7 Å². The van der Waals surface area contributed by atoms with Crippen LogP contribution in [0.4, 0.5) is 5.69 Å². The molecule has 5 nitrogen and oxygen atoms in total. The molecule has 0 atom stereocenters. The van der Waals surface area contributed by atoms with Gasteiger partial charge >= 0.3 is 0 Å². The number of anilines is 1. The van der Waals surface area contributed by atoms with Gasteiger partial charge in [-0.2, -0.15) is 5.10 Å². The summed E-state index contributed by atoms with van der Waals surface area (Å²) in [4.78, 5) is 12.2. The van der Waals surface area contributed by atoms with E-state index in [0.29, 0.717) is 36.0 Å². The van der Waals surface area contributed by atoms with E-state index in [1.807, 2.05) is 24.3 Å². The van der Waals surface area contributed by atoms with Crippen molar-refractivity contribution in [2.75, 3.05) is 5.73 Å². The first-order valence-corrected chi connectivity index (χ1v) is 7.10. The fourth-order valence-electron chi connectivity index (χ4n) is 2.19. The fraction of sp³-hybridized carbons (Fsp3) is 0.375. The Balaban J connectivity index is 0.00000242. The highest BCUT2D eigenvalue weighted by atomic mass is 35.5. The first-order valence-electron chi connectivity index (χ1n) is 7.10. The molecule has 0 fully saturated rings. The quantitative estimate of drug-likeness (QED) is 0.904. The maximum atomic E-state index is 12.2. The van der Waals surface area contributed by atoms with Crippen LogP contribution < -0.4 is 17.0 Å². The molecule has 4 N–H and O–H groups in total. The smallest absolute Gasteiger partial charge is 0.271 e. The number of nitrogens with two attached hydrogens (primary N) is 2. The summed E-state index contributed by atoms with van der Waals surface area (Å²) in [6.07, 6.45) is 0. The molecule has 0 saturated carbocycles. The van der Waals surface area contributed by atoms with Crippen molar-refractivity contribution in [3.63, 3.8) is 0 Å². The predicted octanol–water partition coefficient (Wildman–Crippen LogP) is 2.34. The molecule has 0 aliphatic heterocycles. The van der Waals surface area contributed by atoms with Crippen molar-refractivity contribution in [2.45, 2.75) is 33.9 Å². The topological polar surface area (TPSA) is 86.9 Å². The van der Waals surface area contributed by atoms with E-state index in [0.717, 1.165) is 11.1 Å². The van der Waals surface area contributed by atoms with E-state index in [9.17, 15) is 4.79 Å². The average Bonchev–Trinajstić information content (AvgIpc) is 2.47. The number of nitrogen functional groups attached to an aromatic ring is 1. The Hall–Kier alpha value is -1.85. The Labute approximate surface area is 136 Å². The molecule has 1 aromatic carbocycles. The molecule has 0 saturated heterocycles. The standard InChI is InChI=1S/C16H22N4O.ClH/c1-10(2)9-20-16(21)11(3)14(18)15(19-20)13-6-4-12(8-17)5-7-13;/h4-7,10H,8-9,17-18H2,1-3H3;1H. The van der Waals surface area contributed by atoms with E-state index in [1.165, 1.54) is 4.68 Å². The number of benzene rings is 1. The zero-order chi connectivity index (χ0) is 15.6. The van der Waals surface area contributed by atoms with Gasteiger partial charge in [-0.1, -0.05) is 38.1 Å². The summed E-state index contributed by atoms with van der Waals surface area (Å²) in [7, 11) is 0. The summed E-state index contributed by atoms with van der Waals surface area (Å²) >= 11 is 0. The van der Waals surface area contributed by atoms with Crippen molar-refractivity contribution in [1.29, 1.82) is 0 Å². The Bertz CT molecular complexity index is 693. The molecule has 0 radical (unpaired) electrons. The second-order valence-electron chi connectivity index (χ2n) is 5.67. The lowest BCUT2D eigenvalue weighted by Crippen LogP contribution is -2.28. The molecule has 22 heavy (non-hydrogen) atoms. The van der Waals surface area contributed by atoms with Crippen molar-refractivity contribution >= 4 is 18.1 Å². The van der Waals surface area contributed by atoms with Crippen LogP contribution in [-0.4, -0.2) is 9.78 Å². The number of hydrogen-bond donors (Lipinski definition) is 2. The average molecular weight is 323 g/mol. The van der Waals surface area contributed by atoms with Gasteiger partial charge in [0.25, 0.3) is 5.56 Å². The second-order valence-corrected chi connectivity index (χ2v) is 5.67. The molecule has 120 valence electrons. The third-order valence-electron chi connectivity index (χ3n) is 3.44. The lowest BCUT2D eigenvalue weighted by molar-refractivity contribution is 0.464. The summed E-state index contributed by atoms with van der Waals surface area (Å²) in [5.41, 5.74) is 15.1. The molecule has 2 rings (SSSR count). The Morgan fingerprint density at radius 1 is 1.23 bits per heavy atom. The van der Waals surface area contributed by atoms with Crippen LogP contribution >= 0.6 is 12.4 Å². The zero-order valence-electron chi connectivity index (χ0n) is 13.2. The van der Waals surface area contributed by atoms with Crippen LogP contribution in [0.25, 0.3) is 11.3 Å². The van der Waals surface area contributed by atoms with Gasteiger partial charge in [0.05, 0.1) is 5.69 Å². The number of nitrogens with zero attached hydrogens (tertiary/aromatic N) is 2. The van der Waals surface area contributed by atoms with Crippen molar-refractivity contribution in [1.82, 2.24) is 9.78 Å². The second kappa shape index (κ2) is 7.42. The van der Waals surface area contributed by atoms with E-state index < -0.39 is 0 Å². The van der Waals surface area contributed by atoms with Crippen LogP contribution in [0.15, 0.2) is 29.1 Å². The van der Waals surface area contributed by atoms with Gasteiger partial charge in [0.1, 0.15) is 5.69 Å². The summed E-state index contributed by atoms with van der Waals surface area (Å²) in [5.74, 6) is 0.339. The zero-order valence-corrected chi connectivity index (χ0v) is 14.0. The van der Waals surface area contributed by atoms with E-state index in [1.54, 1.807) is 6.92 Å². The molecule has 6 heteroatoms. The maximum Gasteiger partial charge on any atom is 0.271 e. The number of hydrogen-bond acceptors (Lipinski definition) is 4. The van der Waals surface area contributed by atoms with E-state index >= 15 is 0 Å². The largest absolute Gasteiger partial charge is 0.397 e. The molecule has 0 unspecified atom stereocenters. The highest BCUT2D eigenvalue weighted by Gasteiger charge is 2.14. The molecule has 2 aromatic rings. The highest BCUT2D eigenvalue weighted by Crippen LogP contribution is 2.24. The molecule has 0 bridgehead atoms. The maximum absolute atomic E-state index is 12.2. The van der Waals surface area contributed by atoms with Gasteiger partial charge in [-0.05, 0) is 18.4 Å². The van der Waals surface area contributed by atoms with Crippen molar-refractivity contribution < 1.29 is 0 Å². The Morgan fingerprint density at radius 3 is 2.32 bits per heavy atom. The molecule has 1 aromatic heterocycles. The lowest BCUT2D eigenvalue weighted by Gasteiger charge is -2.14. The number of rotatable bonds is 4. The molecular weight excluding hydrogens is 300 g/mol. The number of halogens is 1. The third-order valence-corrected chi connectivity index (χ3v) is 3.44. The SMILES string of the molecule is Cc1c(N)c(-c2ccc(CN)cc2)nn(CC(C)C)c1=O.Cl. The minimum Gasteiger partial charge on any atom is -0.397 e. The van der Waals surface area contributed by atoms with Gasteiger partial charge < -0.3 is 11.5 Å². The normalized spacial score (nSPS) is 10.6. The summed E-state index contributed by atoms with van der Waals surface area (Å²) in [6, 6.07) is 7.77. The van der Waals surface area contributed by atoms with E-state index in [4.69, 9.17) is 11.5 Å². The predicted molar refractivity (Wildman–Crippen MR) is 93.1 cm³/mol. The summed E-state index contributed by atoms with van der Waals surface area (Å²) < 4.78 is 1.50. The highest BCUT2D eigenvalue weighted by molar-refractivity contribution is 5.85. The van der Waals surface area contributed by atoms with Crippen molar-refractivity contribution in [3.05, 3.63) is 45.7 Å². The Kier molecular flexibility index (Phi) is 6.14. The van der Waals surface area contributed by atoms with Crippen molar-refractivity contribution in [3.8, 4) is 11.3 Å².